The summed E-state index contributed by atoms with van der Waals surface area (Å²) in [6.45, 7) is 2.99. The van der Waals surface area contributed by atoms with Crippen LogP contribution in [0.1, 0.15) is 23.7 Å². The summed E-state index contributed by atoms with van der Waals surface area (Å²) < 4.78 is 0. The second kappa shape index (κ2) is 5.00. The van der Waals surface area contributed by atoms with Gasteiger partial charge in [0.25, 0.3) is 0 Å². The lowest BCUT2D eigenvalue weighted by Gasteiger charge is -2.14. The Labute approximate surface area is 93.2 Å². The molecular weight excluding hydrogens is 206 g/mol. The molecule has 0 bridgehead atoms. The molecule has 4 heteroatoms. The van der Waals surface area contributed by atoms with Crippen molar-refractivity contribution in [2.24, 2.45) is 0 Å². The van der Waals surface area contributed by atoms with Gasteiger partial charge < -0.3 is 5.32 Å². The van der Waals surface area contributed by atoms with Gasteiger partial charge in [0.2, 0.25) is 0 Å². The molecule has 1 unspecified atom stereocenters. The molecule has 3 nitrogen and oxygen atoms in total. The Morgan fingerprint density at radius 2 is 2.13 bits per heavy atom. The van der Waals surface area contributed by atoms with Gasteiger partial charge in [0.05, 0.1) is 0 Å². The maximum atomic E-state index is 4.29. The average Bonchev–Trinajstić information content (AvgIpc) is 2.80. The number of nitrogens with one attached hydrogen (secondary N) is 1. The van der Waals surface area contributed by atoms with Crippen LogP contribution >= 0.6 is 11.3 Å². The molecule has 0 radical (unpaired) electrons. The van der Waals surface area contributed by atoms with E-state index in [0.717, 1.165) is 12.4 Å². The number of thiophene rings is 1. The Bertz CT molecular complexity index is 385. The molecule has 2 aromatic heterocycles. The van der Waals surface area contributed by atoms with Crippen molar-refractivity contribution in [3.63, 3.8) is 0 Å². The fraction of sp³-hybridized carbons (Fsp3) is 0.273. The lowest BCUT2D eigenvalue weighted by molar-refractivity contribution is 0.605. The lowest BCUT2D eigenvalue weighted by Crippen LogP contribution is -2.22. The van der Waals surface area contributed by atoms with E-state index in [1.54, 1.807) is 23.7 Å². The van der Waals surface area contributed by atoms with E-state index in [1.165, 1.54) is 4.88 Å². The largest absolute Gasteiger partial charge is 0.303 e. The molecular formula is C11H13N3S. The van der Waals surface area contributed by atoms with E-state index in [-0.39, 0.29) is 6.04 Å². The Morgan fingerprint density at radius 1 is 1.33 bits per heavy atom. The van der Waals surface area contributed by atoms with Crippen LogP contribution in [-0.4, -0.2) is 16.5 Å². The zero-order valence-corrected chi connectivity index (χ0v) is 9.37. The van der Waals surface area contributed by atoms with Gasteiger partial charge in [-0.05, 0) is 24.1 Å². The highest BCUT2D eigenvalue weighted by Gasteiger charge is 2.15. The number of hydrogen-bond donors (Lipinski definition) is 1. The van der Waals surface area contributed by atoms with Crippen molar-refractivity contribution in [2.45, 2.75) is 13.0 Å². The fourth-order valence-electron chi connectivity index (χ4n) is 1.44. The Hall–Kier alpha value is -1.26. The second-order valence-corrected chi connectivity index (χ2v) is 4.09. The molecule has 15 heavy (non-hydrogen) atoms. The maximum Gasteiger partial charge on any atom is 0.150 e. The topological polar surface area (TPSA) is 37.8 Å². The van der Waals surface area contributed by atoms with Gasteiger partial charge in [0.1, 0.15) is 11.9 Å². The van der Waals surface area contributed by atoms with E-state index >= 15 is 0 Å². The highest BCUT2D eigenvalue weighted by molar-refractivity contribution is 7.10. The van der Waals surface area contributed by atoms with Crippen molar-refractivity contribution in [2.75, 3.05) is 6.54 Å². The zero-order valence-electron chi connectivity index (χ0n) is 8.55. The first-order valence-electron chi connectivity index (χ1n) is 4.95. The minimum Gasteiger partial charge on any atom is -0.303 e. The summed E-state index contributed by atoms with van der Waals surface area (Å²) in [6, 6.07) is 6.11. The van der Waals surface area contributed by atoms with Gasteiger partial charge in [0.15, 0.2) is 0 Å². The first-order valence-corrected chi connectivity index (χ1v) is 5.83. The van der Waals surface area contributed by atoms with Crippen molar-refractivity contribution in [3.05, 3.63) is 46.7 Å². The van der Waals surface area contributed by atoms with Crippen molar-refractivity contribution >= 4 is 11.3 Å². The highest BCUT2D eigenvalue weighted by Crippen LogP contribution is 2.22. The molecule has 78 valence electrons. The maximum absolute atomic E-state index is 4.29. The predicted molar refractivity (Wildman–Crippen MR) is 61.9 cm³/mol. The van der Waals surface area contributed by atoms with Gasteiger partial charge >= 0.3 is 0 Å². The number of rotatable bonds is 4. The molecule has 2 rings (SSSR count). The normalized spacial score (nSPS) is 12.6. The second-order valence-electron chi connectivity index (χ2n) is 3.11. The lowest BCUT2D eigenvalue weighted by atomic mass is 10.2. The molecule has 0 aromatic carbocycles. The molecule has 0 aliphatic carbocycles. The minimum absolute atomic E-state index is 0.121. The molecule has 1 atom stereocenters. The third-order valence-corrected chi connectivity index (χ3v) is 3.02. The van der Waals surface area contributed by atoms with Gasteiger partial charge in [-0.15, -0.1) is 11.3 Å². The van der Waals surface area contributed by atoms with Crippen LogP contribution in [0.2, 0.25) is 0 Å². The monoisotopic (exact) mass is 219 g/mol. The summed E-state index contributed by atoms with van der Waals surface area (Å²) in [4.78, 5) is 9.83. The van der Waals surface area contributed by atoms with E-state index in [1.807, 2.05) is 12.1 Å². The third kappa shape index (κ3) is 2.40. The molecule has 0 aliphatic rings. The highest BCUT2D eigenvalue weighted by atomic mass is 32.1. The quantitative estimate of drug-likeness (QED) is 0.857. The van der Waals surface area contributed by atoms with E-state index < -0.39 is 0 Å². The molecule has 2 aromatic rings. The van der Waals surface area contributed by atoms with Gasteiger partial charge in [-0.2, -0.15) is 0 Å². The summed E-state index contributed by atoms with van der Waals surface area (Å²) in [5, 5.41) is 5.46. The summed E-state index contributed by atoms with van der Waals surface area (Å²) in [7, 11) is 0. The number of aromatic nitrogens is 2. The predicted octanol–water partition coefficient (Wildman–Crippen LogP) is 2.24. The van der Waals surface area contributed by atoms with E-state index in [2.05, 4.69) is 33.7 Å². The minimum atomic E-state index is 0.121. The summed E-state index contributed by atoms with van der Waals surface area (Å²) >= 11 is 1.72. The van der Waals surface area contributed by atoms with Gasteiger partial charge in [-0.3, -0.25) is 0 Å². The van der Waals surface area contributed by atoms with Crippen LogP contribution in [-0.2, 0) is 0 Å². The number of hydrogen-bond acceptors (Lipinski definition) is 4. The van der Waals surface area contributed by atoms with Crippen LogP contribution < -0.4 is 5.32 Å². The van der Waals surface area contributed by atoms with Crippen molar-refractivity contribution in [1.29, 1.82) is 0 Å². The first-order chi connectivity index (χ1) is 7.42. The Morgan fingerprint density at radius 3 is 2.73 bits per heavy atom. The van der Waals surface area contributed by atoms with E-state index in [0.29, 0.717) is 0 Å². The molecule has 0 spiro atoms. The van der Waals surface area contributed by atoms with Crippen molar-refractivity contribution in [3.8, 4) is 0 Å². The van der Waals surface area contributed by atoms with Crippen molar-refractivity contribution in [1.82, 2.24) is 15.3 Å². The summed E-state index contributed by atoms with van der Waals surface area (Å²) in [5.74, 6) is 0.835. The van der Waals surface area contributed by atoms with Crippen LogP contribution in [0.5, 0.6) is 0 Å². The summed E-state index contributed by atoms with van der Waals surface area (Å²) in [5.41, 5.74) is 0. The Balaban J connectivity index is 2.28. The molecule has 0 amide bonds. The van der Waals surface area contributed by atoms with Crippen LogP contribution in [0.4, 0.5) is 0 Å². The van der Waals surface area contributed by atoms with E-state index in [4.69, 9.17) is 0 Å². The molecule has 0 aliphatic heterocycles. The standard InChI is InChI=1S/C11H13N3S/c1-2-12-10(9-5-3-8-15-9)11-13-6-4-7-14-11/h3-8,10,12H,2H2,1H3. The van der Waals surface area contributed by atoms with Gasteiger partial charge in [0, 0.05) is 17.3 Å². The fourth-order valence-corrected chi connectivity index (χ4v) is 2.23. The first kappa shape index (κ1) is 10.3. The smallest absolute Gasteiger partial charge is 0.150 e. The summed E-state index contributed by atoms with van der Waals surface area (Å²) in [6.07, 6.45) is 3.56. The third-order valence-electron chi connectivity index (χ3n) is 2.08. The zero-order chi connectivity index (χ0) is 10.5. The van der Waals surface area contributed by atoms with Crippen LogP contribution in [0, 0.1) is 0 Å². The Kier molecular flexibility index (Phi) is 3.42. The average molecular weight is 219 g/mol. The molecule has 0 saturated carbocycles. The van der Waals surface area contributed by atoms with E-state index in [9.17, 15) is 0 Å². The molecule has 0 saturated heterocycles. The SMILES string of the molecule is CCNC(c1ncccn1)c1cccs1. The van der Waals surface area contributed by atoms with Gasteiger partial charge in [-0.1, -0.05) is 13.0 Å². The number of nitrogens with zero attached hydrogens (tertiary/aromatic N) is 2. The van der Waals surface area contributed by atoms with Crippen LogP contribution in [0.15, 0.2) is 36.0 Å². The molecule has 0 fully saturated rings. The molecule has 2 heterocycles. The van der Waals surface area contributed by atoms with Crippen molar-refractivity contribution < 1.29 is 0 Å². The van der Waals surface area contributed by atoms with Gasteiger partial charge in [-0.25, -0.2) is 9.97 Å². The van der Waals surface area contributed by atoms with Crippen LogP contribution in [0.3, 0.4) is 0 Å². The molecule has 1 N–H and O–H groups in total. The van der Waals surface area contributed by atoms with Crippen LogP contribution in [0.25, 0.3) is 0 Å².